The van der Waals surface area contributed by atoms with E-state index in [1.54, 1.807) is 48.8 Å². The van der Waals surface area contributed by atoms with Crippen molar-refractivity contribution in [3.05, 3.63) is 59.4 Å². The van der Waals surface area contributed by atoms with Crippen LogP contribution in [0.25, 0.3) is 0 Å². The van der Waals surface area contributed by atoms with Crippen LogP contribution in [0.1, 0.15) is 10.4 Å². The van der Waals surface area contributed by atoms with E-state index in [2.05, 4.69) is 15.6 Å². The second-order valence-corrected chi connectivity index (χ2v) is 5.02. The first kappa shape index (κ1) is 16.8. The molecule has 0 aliphatic rings. The summed E-state index contributed by atoms with van der Waals surface area (Å²) in [6.45, 7) is 0.549. The number of hydrogen-bond donors (Lipinski definition) is 2. The van der Waals surface area contributed by atoms with Gasteiger partial charge in [-0.2, -0.15) is 0 Å². The summed E-state index contributed by atoms with van der Waals surface area (Å²) in [5, 5.41) is 5.95. The fourth-order valence-corrected chi connectivity index (χ4v) is 1.84. The van der Waals surface area contributed by atoms with Gasteiger partial charge in [-0.05, 0) is 36.4 Å². The lowest BCUT2D eigenvalue weighted by Crippen LogP contribution is -2.36. The van der Waals surface area contributed by atoms with Crippen LogP contribution >= 0.6 is 11.6 Å². The zero-order valence-corrected chi connectivity index (χ0v) is 13.0. The molecule has 0 unspecified atom stereocenters. The summed E-state index contributed by atoms with van der Waals surface area (Å²) in [6.07, 6.45) is 3.09. The molecule has 0 saturated heterocycles. The van der Waals surface area contributed by atoms with E-state index in [0.29, 0.717) is 29.4 Å². The van der Waals surface area contributed by atoms with Gasteiger partial charge >= 0.3 is 0 Å². The first-order valence-electron chi connectivity index (χ1n) is 6.98. The Labute approximate surface area is 138 Å². The predicted molar refractivity (Wildman–Crippen MR) is 86.5 cm³/mol. The van der Waals surface area contributed by atoms with Gasteiger partial charge in [-0.15, -0.1) is 0 Å². The number of nitrogens with one attached hydrogen (secondary N) is 2. The van der Waals surface area contributed by atoms with E-state index in [1.807, 2.05) is 0 Å². The van der Waals surface area contributed by atoms with Gasteiger partial charge < -0.3 is 15.4 Å². The molecular weight excluding hydrogens is 318 g/mol. The monoisotopic (exact) mass is 333 g/mol. The van der Waals surface area contributed by atoms with Gasteiger partial charge in [0, 0.05) is 36.1 Å². The summed E-state index contributed by atoms with van der Waals surface area (Å²) >= 11 is 5.76. The van der Waals surface area contributed by atoms with Gasteiger partial charge in [0.1, 0.15) is 5.75 Å². The van der Waals surface area contributed by atoms with Crippen LogP contribution in [0.5, 0.6) is 5.75 Å². The maximum Gasteiger partial charge on any atom is 0.258 e. The number of amides is 2. The molecule has 23 heavy (non-hydrogen) atoms. The number of hydrogen-bond acceptors (Lipinski definition) is 4. The highest BCUT2D eigenvalue weighted by atomic mass is 35.5. The van der Waals surface area contributed by atoms with E-state index >= 15 is 0 Å². The Morgan fingerprint density at radius 1 is 1.00 bits per heavy atom. The Kier molecular flexibility index (Phi) is 6.38. The maximum atomic E-state index is 11.7. The Morgan fingerprint density at radius 3 is 2.35 bits per heavy atom. The smallest absolute Gasteiger partial charge is 0.258 e. The lowest BCUT2D eigenvalue weighted by atomic mass is 10.2. The van der Waals surface area contributed by atoms with E-state index in [-0.39, 0.29) is 18.4 Å². The van der Waals surface area contributed by atoms with Crippen molar-refractivity contribution >= 4 is 23.4 Å². The first-order valence-corrected chi connectivity index (χ1v) is 7.36. The minimum atomic E-state index is -0.266. The van der Waals surface area contributed by atoms with Gasteiger partial charge in [-0.1, -0.05) is 11.6 Å². The molecule has 0 aliphatic heterocycles. The number of aromatic nitrogens is 1. The highest BCUT2D eigenvalue weighted by Crippen LogP contribution is 2.15. The molecule has 2 aromatic rings. The Morgan fingerprint density at radius 2 is 1.65 bits per heavy atom. The lowest BCUT2D eigenvalue weighted by molar-refractivity contribution is -0.123. The van der Waals surface area contributed by atoms with Gasteiger partial charge in [-0.3, -0.25) is 14.6 Å². The van der Waals surface area contributed by atoms with Crippen LogP contribution in [0.3, 0.4) is 0 Å². The molecule has 0 aliphatic carbocycles. The predicted octanol–water partition coefficient (Wildman–Crippen LogP) is 1.66. The third kappa shape index (κ3) is 5.96. The zero-order chi connectivity index (χ0) is 16.5. The van der Waals surface area contributed by atoms with E-state index in [0.717, 1.165) is 0 Å². The summed E-state index contributed by atoms with van der Waals surface area (Å²) in [6, 6.07) is 9.98. The number of carbonyl (C=O) groups is 2. The molecule has 1 heterocycles. The number of benzene rings is 1. The van der Waals surface area contributed by atoms with Crippen LogP contribution in [-0.2, 0) is 4.79 Å². The number of pyridine rings is 1. The molecule has 2 rings (SSSR count). The number of rotatable bonds is 7. The molecular formula is C16H16ClN3O3. The largest absolute Gasteiger partial charge is 0.484 e. The lowest BCUT2D eigenvalue weighted by Gasteiger charge is -2.08. The molecule has 1 aromatic heterocycles. The first-order chi connectivity index (χ1) is 11.1. The standard InChI is InChI=1S/C16H16ClN3O3/c17-13-1-3-14(4-2-13)23-11-15(21)19-9-10-20-16(22)12-5-7-18-8-6-12/h1-8H,9-11H2,(H,19,21)(H,20,22). The van der Waals surface area contributed by atoms with E-state index in [4.69, 9.17) is 16.3 Å². The van der Waals surface area contributed by atoms with Crippen molar-refractivity contribution in [1.29, 1.82) is 0 Å². The second-order valence-electron chi connectivity index (χ2n) is 4.58. The molecule has 1 aromatic carbocycles. The molecule has 2 amide bonds. The average Bonchev–Trinajstić information content (AvgIpc) is 2.59. The highest BCUT2D eigenvalue weighted by Gasteiger charge is 2.05. The van der Waals surface area contributed by atoms with Crippen LogP contribution < -0.4 is 15.4 Å². The molecule has 0 bridgehead atoms. The minimum Gasteiger partial charge on any atom is -0.484 e. The third-order valence-corrected chi connectivity index (χ3v) is 3.11. The SMILES string of the molecule is O=C(COc1ccc(Cl)cc1)NCCNC(=O)c1ccncc1. The normalized spacial score (nSPS) is 9.96. The Bertz CT molecular complexity index is 647. The van der Waals surface area contributed by atoms with Crippen molar-refractivity contribution in [1.82, 2.24) is 15.6 Å². The van der Waals surface area contributed by atoms with Crippen molar-refractivity contribution in [2.45, 2.75) is 0 Å². The molecule has 2 N–H and O–H groups in total. The van der Waals surface area contributed by atoms with E-state index in [9.17, 15) is 9.59 Å². The van der Waals surface area contributed by atoms with Gasteiger partial charge in [0.25, 0.3) is 11.8 Å². The number of nitrogens with zero attached hydrogens (tertiary/aromatic N) is 1. The molecule has 0 spiro atoms. The summed E-state index contributed by atoms with van der Waals surface area (Å²) in [5.41, 5.74) is 0.525. The van der Waals surface area contributed by atoms with Crippen molar-refractivity contribution in [2.24, 2.45) is 0 Å². The molecule has 0 saturated carbocycles. The fourth-order valence-electron chi connectivity index (χ4n) is 1.71. The summed E-state index contributed by atoms with van der Waals surface area (Å²) in [7, 11) is 0. The molecule has 0 radical (unpaired) electrons. The van der Waals surface area contributed by atoms with Crippen molar-refractivity contribution < 1.29 is 14.3 Å². The van der Waals surface area contributed by atoms with Crippen molar-refractivity contribution in [3.8, 4) is 5.75 Å². The summed E-state index contributed by atoms with van der Waals surface area (Å²) in [4.78, 5) is 27.2. The van der Waals surface area contributed by atoms with Gasteiger partial charge in [0.15, 0.2) is 6.61 Å². The van der Waals surface area contributed by atoms with Gasteiger partial charge in [0.05, 0.1) is 0 Å². The van der Waals surface area contributed by atoms with Gasteiger partial charge in [0.2, 0.25) is 0 Å². The van der Waals surface area contributed by atoms with Gasteiger partial charge in [-0.25, -0.2) is 0 Å². The van der Waals surface area contributed by atoms with Crippen LogP contribution in [0.2, 0.25) is 5.02 Å². The molecule has 7 heteroatoms. The quantitative estimate of drug-likeness (QED) is 0.755. The van der Waals surface area contributed by atoms with Crippen LogP contribution in [-0.4, -0.2) is 36.5 Å². The highest BCUT2D eigenvalue weighted by molar-refractivity contribution is 6.30. The summed E-state index contributed by atoms with van der Waals surface area (Å²) < 4.78 is 5.31. The molecule has 0 atom stereocenters. The maximum absolute atomic E-state index is 11.7. The van der Waals surface area contributed by atoms with Crippen LogP contribution in [0.15, 0.2) is 48.8 Å². The average molecular weight is 334 g/mol. The molecule has 0 fully saturated rings. The van der Waals surface area contributed by atoms with Crippen molar-refractivity contribution in [2.75, 3.05) is 19.7 Å². The van der Waals surface area contributed by atoms with Crippen molar-refractivity contribution in [3.63, 3.8) is 0 Å². The number of carbonyl (C=O) groups excluding carboxylic acids is 2. The third-order valence-electron chi connectivity index (χ3n) is 2.86. The fraction of sp³-hybridized carbons (Fsp3) is 0.188. The summed E-state index contributed by atoms with van der Waals surface area (Å²) in [5.74, 6) is 0.0905. The second kappa shape index (κ2) is 8.75. The Hall–Kier alpha value is -2.60. The Balaban J connectivity index is 1.61. The molecule has 6 nitrogen and oxygen atoms in total. The zero-order valence-electron chi connectivity index (χ0n) is 12.3. The van der Waals surface area contributed by atoms with E-state index in [1.165, 1.54) is 0 Å². The topological polar surface area (TPSA) is 80.3 Å². The minimum absolute atomic E-state index is 0.0973. The number of ether oxygens (including phenoxy) is 1. The van der Waals surface area contributed by atoms with Crippen LogP contribution in [0.4, 0.5) is 0 Å². The number of halogens is 1. The van der Waals surface area contributed by atoms with E-state index < -0.39 is 0 Å². The van der Waals surface area contributed by atoms with Crippen LogP contribution in [0, 0.1) is 0 Å². The molecule has 120 valence electrons.